The zero-order valence-electron chi connectivity index (χ0n) is 15.5. The third-order valence-electron chi connectivity index (χ3n) is 4.57. The molecule has 0 saturated carbocycles. The summed E-state index contributed by atoms with van der Waals surface area (Å²) >= 11 is 0. The number of amides is 1. The van der Waals surface area contributed by atoms with Crippen LogP contribution >= 0.6 is 0 Å². The van der Waals surface area contributed by atoms with Gasteiger partial charge in [-0.15, -0.1) is 0 Å². The van der Waals surface area contributed by atoms with Crippen LogP contribution in [0, 0.1) is 6.92 Å². The van der Waals surface area contributed by atoms with E-state index in [0.717, 1.165) is 29.7 Å². The summed E-state index contributed by atoms with van der Waals surface area (Å²) in [5, 5.41) is 4.26. The van der Waals surface area contributed by atoms with Crippen molar-refractivity contribution in [1.82, 2.24) is 4.90 Å². The van der Waals surface area contributed by atoms with Crippen LogP contribution in [0.1, 0.15) is 42.9 Å². The predicted molar refractivity (Wildman–Crippen MR) is 104 cm³/mol. The van der Waals surface area contributed by atoms with E-state index in [0.29, 0.717) is 19.5 Å². The molecule has 0 spiro atoms. The maximum atomic E-state index is 12.6. The highest BCUT2D eigenvalue weighted by atomic mass is 16.6. The summed E-state index contributed by atoms with van der Waals surface area (Å²) in [6, 6.07) is 18.4. The zero-order valence-corrected chi connectivity index (χ0v) is 15.5. The molecule has 1 heterocycles. The van der Waals surface area contributed by atoms with Crippen molar-refractivity contribution < 1.29 is 9.63 Å². The maximum Gasteiger partial charge on any atom is 0.222 e. The molecule has 4 nitrogen and oxygen atoms in total. The summed E-state index contributed by atoms with van der Waals surface area (Å²) in [4.78, 5) is 20.1. The molecule has 0 bridgehead atoms. The standard InChI is InChI=1S/C22H26N2O2/c1-3-7-22(25)24(15-18-8-5-4-6-9-18)16-20-14-21(23-26-20)19-12-10-17(2)11-13-19/h4-6,8-13,20H,3,7,14-16H2,1-2H3. The van der Waals surface area contributed by atoms with Gasteiger partial charge in [0, 0.05) is 19.4 Å². The molecule has 1 unspecified atom stereocenters. The lowest BCUT2D eigenvalue weighted by molar-refractivity contribution is -0.133. The average molecular weight is 350 g/mol. The van der Waals surface area contributed by atoms with E-state index in [9.17, 15) is 4.79 Å². The third kappa shape index (κ3) is 4.72. The first kappa shape index (κ1) is 18.2. The molecule has 1 aliphatic rings. The minimum atomic E-state index is -0.0872. The van der Waals surface area contributed by atoms with Crippen molar-refractivity contribution in [2.45, 2.75) is 45.8 Å². The van der Waals surface area contributed by atoms with Crippen LogP contribution in [-0.4, -0.2) is 29.2 Å². The Kier molecular flexibility index (Phi) is 6.05. The monoisotopic (exact) mass is 350 g/mol. The van der Waals surface area contributed by atoms with Crippen molar-refractivity contribution in [2.24, 2.45) is 5.16 Å². The minimum Gasteiger partial charge on any atom is -0.390 e. The van der Waals surface area contributed by atoms with E-state index in [1.54, 1.807) is 0 Å². The largest absolute Gasteiger partial charge is 0.390 e. The molecule has 136 valence electrons. The summed E-state index contributed by atoms with van der Waals surface area (Å²) < 4.78 is 0. The molecule has 0 aromatic heterocycles. The van der Waals surface area contributed by atoms with Gasteiger partial charge in [0.05, 0.1) is 12.3 Å². The van der Waals surface area contributed by atoms with Crippen LogP contribution < -0.4 is 0 Å². The first-order valence-electron chi connectivity index (χ1n) is 9.27. The summed E-state index contributed by atoms with van der Waals surface area (Å²) in [6.45, 7) is 5.27. The minimum absolute atomic E-state index is 0.0872. The van der Waals surface area contributed by atoms with Crippen molar-refractivity contribution in [2.75, 3.05) is 6.54 Å². The molecule has 2 aromatic carbocycles. The molecular formula is C22H26N2O2. The van der Waals surface area contributed by atoms with Gasteiger partial charge in [0.1, 0.15) is 0 Å². The Labute approximate surface area is 155 Å². The van der Waals surface area contributed by atoms with Crippen molar-refractivity contribution in [3.05, 3.63) is 71.3 Å². The van der Waals surface area contributed by atoms with E-state index >= 15 is 0 Å². The molecule has 1 aliphatic heterocycles. The molecule has 0 aliphatic carbocycles. The second kappa shape index (κ2) is 8.65. The first-order chi connectivity index (χ1) is 12.7. The Hall–Kier alpha value is -2.62. The highest BCUT2D eigenvalue weighted by molar-refractivity contribution is 6.01. The van der Waals surface area contributed by atoms with Gasteiger partial charge in [-0.3, -0.25) is 4.79 Å². The van der Waals surface area contributed by atoms with E-state index < -0.39 is 0 Å². The van der Waals surface area contributed by atoms with Gasteiger partial charge < -0.3 is 9.74 Å². The van der Waals surface area contributed by atoms with E-state index in [4.69, 9.17) is 4.84 Å². The number of hydrogen-bond acceptors (Lipinski definition) is 3. The number of aryl methyl sites for hydroxylation is 1. The second-order valence-corrected chi connectivity index (χ2v) is 6.85. The van der Waals surface area contributed by atoms with Gasteiger partial charge in [-0.2, -0.15) is 0 Å². The van der Waals surface area contributed by atoms with Gasteiger partial charge in [-0.05, 0) is 24.5 Å². The van der Waals surface area contributed by atoms with Crippen LogP contribution in [0.4, 0.5) is 0 Å². The van der Waals surface area contributed by atoms with E-state index in [2.05, 4.69) is 48.5 Å². The number of nitrogens with zero attached hydrogens (tertiary/aromatic N) is 2. The molecule has 2 aromatic rings. The number of hydrogen-bond donors (Lipinski definition) is 0. The number of carbonyl (C=O) groups excluding carboxylic acids is 1. The van der Waals surface area contributed by atoms with Gasteiger partial charge >= 0.3 is 0 Å². The van der Waals surface area contributed by atoms with Crippen LogP contribution in [0.5, 0.6) is 0 Å². The Morgan fingerprint density at radius 3 is 2.58 bits per heavy atom. The number of oxime groups is 1. The second-order valence-electron chi connectivity index (χ2n) is 6.85. The Morgan fingerprint density at radius 1 is 1.15 bits per heavy atom. The summed E-state index contributed by atoms with van der Waals surface area (Å²) in [5.74, 6) is 0.170. The van der Waals surface area contributed by atoms with E-state index in [-0.39, 0.29) is 12.0 Å². The fourth-order valence-electron chi connectivity index (χ4n) is 3.12. The lowest BCUT2D eigenvalue weighted by Crippen LogP contribution is -2.37. The summed E-state index contributed by atoms with van der Waals surface area (Å²) in [6.07, 6.45) is 2.05. The average Bonchev–Trinajstić information content (AvgIpc) is 3.11. The van der Waals surface area contributed by atoms with Crippen molar-refractivity contribution in [3.63, 3.8) is 0 Å². The Bertz CT molecular complexity index is 753. The fourth-order valence-corrected chi connectivity index (χ4v) is 3.12. The topological polar surface area (TPSA) is 41.9 Å². The third-order valence-corrected chi connectivity index (χ3v) is 4.57. The molecule has 0 saturated heterocycles. The Morgan fingerprint density at radius 2 is 1.88 bits per heavy atom. The van der Waals surface area contributed by atoms with Gasteiger partial charge in [0.15, 0.2) is 6.10 Å². The molecular weight excluding hydrogens is 324 g/mol. The maximum absolute atomic E-state index is 12.6. The first-order valence-corrected chi connectivity index (χ1v) is 9.27. The van der Waals surface area contributed by atoms with Crippen LogP contribution in [0.3, 0.4) is 0 Å². The molecule has 1 atom stereocenters. The summed E-state index contributed by atoms with van der Waals surface area (Å²) in [7, 11) is 0. The lowest BCUT2D eigenvalue weighted by atomic mass is 10.0. The number of benzene rings is 2. The molecule has 0 radical (unpaired) electrons. The highest BCUT2D eigenvalue weighted by Crippen LogP contribution is 2.19. The zero-order chi connectivity index (χ0) is 18.4. The molecule has 4 heteroatoms. The van der Waals surface area contributed by atoms with Gasteiger partial charge in [0.25, 0.3) is 0 Å². The smallest absolute Gasteiger partial charge is 0.222 e. The van der Waals surface area contributed by atoms with E-state index in [1.165, 1.54) is 5.56 Å². The Balaban J connectivity index is 1.64. The molecule has 1 amide bonds. The van der Waals surface area contributed by atoms with Crippen LogP contribution in [0.15, 0.2) is 59.8 Å². The highest BCUT2D eigenvalue weighted by Gasteiger charge is 2.26. The SMILES string of the molecule is CCCC(=O)N(Cc1ccccc1)CC1CC(c2ccc(C)cc2)=NO1. The lowest BCUT2D eigenvalue weighted by Gasteiger charge is -2.25. The normalized spacial score (nSPS) is 16.1. The quantitative estimate of drug-likeness (QED) is 0.746. The van der Waals surface area contributed by atoms with Gasteiger partial charge in [-0.25, -0.2) is 0 Å². The molecule has 26 heavy (non-hydrogen) atoms. The van der Waals surface area contributed by atoms with Gasteiger partial charge in [-0.1, -0.05) is 72.2 Å². The van der Waals surface area contributed by atoms with E-state index in [1.807, 2.05) is 30.0 Å². The summed E-state index contributed by atoms with van der Waals surface area (Å²) in [5.41, 5.74) is 4.41. The van der Waals surface area contributed by atoms with Crippen LogP contribution in [0.25, 0.3) is 0 Å². The fraction of sp³-hybridized carbons (Fsp3) is 0.364. The van der Waals surface area contributed by atoms with Crippen molar-refractivity contribution >= 4 is 11.6 Å². The number of rotatable bonds is 7. The molecule has 0 N–H and O–H groups in total. The molecule has 0 fully saturated rings. The van der Waals surface area contributed by atoms with Crippen LogP contribution in [0.2, 0.25) is 0 Å². The van der Waals surface area contributed by atoms with Crippen LogP contribution in [-0.2, 0) is 16.2 Å². The predicted octanol–water partition coefficient (Wildman–Crippen LogP) is 4.32. The van der Waals surface area contributed by atoms with Crippen molar-refractivity contribution in [1.29, 1.82) is 0 Å². The molecule has 3 rings (SSSR count). The number of carbonyl (C=O) groups is 1. The van der Waals surface area contributed by atoms with Gasteiger partial charge in [0.2, 0.25) is 5.91 Å². The van der Waals surface area contributed by atoms with Crippen molar-refractivity contribution in [3.8, 4) is 0 Å².